The van der Waals surface area contributed by atoms with Gasteiger partial charge in [-0.25, -0.2) is 8.42 Å². The lowest BCUT2D eigenvalue weighted by Crippen LogP contribution is -2.53. The van der Waals surface area contributed by atoms with E-state index in [9.17, 15) is 18.0 Å². The highest BCUT2D eigenvalue weighted by Gasteiger charge is 2.35. The van der Waals surface area contributed by atoms with Gasteiger partial charge >= 0.3 is 0 Å². The maximum absolute atomic E-state index is 14.5. The number of halogens is 1. The summed E-state index contributed by atoms with van der Waals surface area (Å²) in [6.45, 7) is 1.77. The number of nitrogens with one attached hydrogen (secondary N) is 1. The van der Waals surface area contributed by atoms with Crippen molar-refractivity contribution >= 4 is 39.1 Å². The number of benzene rings is 4. The second-order valence-electron chi connectivity index (χ2n) is 10.1. The van der Waals surface area contributed by atoms with E-state index in [0.717, 1.165) is 9.87 Å². The number of methoxy groups -OCH3 is 1. The number of hydrogen-bond acceptors (Lipinski definition) is 5. The number of carbonyl (C=O) groups excluding carboxylic acids is 2. The van der Waals surface area contributed by atoms with Crippen molar-refractivity contribution in [1.29, 1.82) is 0 Å². The lowest BCUT2D eigenvalue weighted by atomic mass is 10.0. The van der Waals surface area contributed by atoms with Gasteiger partial charge in [-0.1, -0.05) is 97.4 Å². The predicted molar refractivity (Wildman–Crippen MR) is 173 cm³/mol. The second kappa shape index (κ2) is 15.4. The van der Waals surface area contributed by atoms with Crippen molar-refractivity contribution in [2.45, 2.75) is 37.2 Å². The molecule has 8 nitrogen and oxygen atoms in total. The van der Waals surface area contributed by atoms with Gasteiger partial charge in [-0.2, -0.15) is 0 Å². The van der Waals surface area contributed by atoms with Gasteiger partial charge in [0.05, 0.1) is 17.7 Å². The van der Waals surface area contributed by atoms with Crippen molar-refractivity contribution in [3.8, 4) is 5.75 Å². The van der Waals surface area contributed by atoms with Crippen molar-refractivity contribution in [3.63, 3.8) is 0 Å². The molecule has 10 heteroatoms. The summed E-state index contributed by atoms with van der Waals surface area (Å²) >= 11 is 6.53. The minimum atomic E-state index is -4.24. The molecule has 0 saturated carbocycles. The van der Waals surface area contributed by atoms with Gasteiger partial charge in [0.2, 0.25) is 11.8 Å². The third-order valence-electron chi connectivity index (χ3n) is 7.08. The van der Waals surface area contributed by atoms with Crippen LogP contribution in [0.3, 0.4) is 0 Å². The fourth-order valence-corrected chi connectivity index (χ4v) is 6.44. The number of rotatable bonds is 14. The molecule has 44 heavy (non-hydrogen) atoms. The molecule has 2 amide bonds. The number of hydrogen-bond donors (Lipinski definition) is 1. The van der Waals surface area contributed by atoms with E-state index in [1.165, 1.54) is 24.1 Å². The number of amides is 2. The Morgan fingerprint density at radius 2 is 1.48 bits per heavy atom. The van der Waals surface area contributed by atoms with E-state index in [1.54, 1.807) is 66.7 Å². The first-order valence-corrected chi connectivity index (χ1v) is 16.1. The Morgan fingerprint density at radius 1 is 0.864 bits per heavy atom. The summed E-state index contributed by atoms with van der Waals surface area (Å²) in [5.41, 5.74) is 1.66. The molecule has 0 aliphatic carbocycles. The quantitative estimate of drug-likeness (QED) is 0.192. The van der Waals surface area contributed by atoms with Crippen LogP contribution in [0.1, 0.15) is 24.5 Å². The topological polar surface area (TPSA) is 96.0 Å². The number of sulfonamides is 1. The Balaban J connectivity index is 1.82. The molecule has 0 spiro atoms. The van der Waals surface area contributed by atoms with Crippen molar-refractivity contribution in [3.05, 3.63) is 125 Å². The van der Waals surface area contributed by atoms with Crippen LogP contribution in [0.5, 0.6) is 5.75 Å². The Bertz CT molecular complexity index is 1650. The highest BCUT2D eigenvalue weighted by Crippen LogP contribution is 2.33. The van der Waals surface area contributed by atoms with Crippen molar-refractivity contribution in [2.24, 2.45) is 0 Å². The summed E-state index contributed by atoms with van der Waals surface area (Å²) in [7, 11) is -2.80. The fourth-order valence-electron chi connectivity index (χ4n) is 4.80. The standard InChI is InChI=1S/C34H36ClN3O5S/c1-3-22-36-34(40)31(23-26-14-6-4-7-15-26)37(24-27-16-10-11-19-29(27)35)33(39)25-38(30-20-12-13-21-32(30)43-2)44(41,42)28-17-8-5-9-18-28/h4-21,31H,3,22-25H2,1-2H3,(H,36,40)/t31-/m0/s1. The molecule has 0 bridgehead atoms. The van der Waals surface area contributed by atoms with Crippen molar-refractivity contribution in [2.75, 3.05) is 24.5 Å². The molecule has 1 atom stereocenters. The molecule has 0 fully saturated rings. The van der Waals surface area contributed by atoms with Gasteiger partial charge in [0, 0.05) is 24.5 Å². The smallest absolute Gasteiger partial charge is 0.264 e. The molecular weight excluding hydrogens is 598 g/mol. The molecule has 4 aromatic rings. The molecular formula is C34H36ClN3O5S. The molecule has 0 radical (unpaired) electrons. The Kier molecular flexibility index (Phi) is 11.4. The van der Waals surface area contributed by atoms with E-state index in [4.69, 9.17) is 16.3 Å². The summed E-state index contributed by atoms with van der Waals surface area (Å²) < 4.78 is 34.8. The van der Waals surface area contributed by atoms with Crippen LogP contribution in [-0.4, -0.2) is 51.4 Å². The molecule has 1 N–H and O–H groups in total. The van der Waals surface area contributed by atoms with Crippen LogP contribution >= 0.6 is 11.6 Å². The lowest BCUT2D eigenvalue weighted by molar-refractivity contribution is -0.140. The summed E-state index contributed by atoms with van der Waals surface area (Å²) in [4.78, 5) is 29.6. The molecule has 0 aromatic heterocycles. The first-order valence-electron chi connectivity index (χ1n) is 14.3. The number of nitrogens with zero attached hydrogens (tertiary/aromatic N) is 2. The fraction of sp³-hybridized carbons (Fsp3) is 0.235. The van der Waals surface area contributed by atoms with E-state index in [-0.39, 0.29) is 35.2 Å². The van der Waals surface area contributed by atoms with Crippen molar-refractivity contribution < 1.29 is 22.7 Å². The maximum Gasteiger partial charge on any atom is 0.264 e. The highest BCUT2D eigenvalue weighted by atomic mass is 35.5. The molecule has 230 valence electrons. The third kappa shape index (κ3) is 7.98. The maximum atomic E-state index is 14.5. The number of carbonyl (C=O) groups is 2. The first kappa shape index (κ1) is 32.6. The average Bonchev–Trinajstić information content (AvgIpc) is 3.05. The zero-order chi connectivity index (χ0) is 31.5. The monoisotopic (exact) mass is 633 g/mol. The van der Waals surface area contributed by atoms with Gasteiger partial charge in [0.15, 0.2) is 0 Å². The van der Waals surface area contributed by atoms with Gasteiger partial charge in [-0.15, -0.1) is 0 Å². The van der Waals surface area contributed by atoms with Gasteiger partial charge in [-0.05, 0) is 47.9 Å². The van der Waals surface area contributed by atoms with Crippen LogP contribution in [0.25, 0.3) is 0 Å². The lowest BCUT2D eigenvalue weighted by Gasteiger charge is -2.34. The van der Waals surface area contributed by atoms with Crippen molar-refractivity contribution in [1.82, 2.24) is 10.2 Å². The van der Waals surface area contributed by atoms with E-state index in [2.05, 4.69) is 5.32 Å². The van der Waals surface area contributed by atoms with Crippen LogP contribution < -0.4 is 14.4 Å². The van der Waals surface area contributed by atoms with Crippen LogP contribution in [0, 0.1) is 0 Å². The Hall–Kier alpha value is -4.34. The van der Waals surface area contributed by atoms with E-state index in [1.807, 2.05) is 37.3 Å². The number of para-hydroxylation sites is 2. The summed E-state index contributed by atoms with van der Waals surface area (Å²) in [6.07, 6.45) is 0.922. The van der Waals surface area contributed by atoms with E-state index < -0.39 is 28.5 Å². The van der Waals surface area contributed by atoms with Crippen LogP contribution in [0.4, 0.5) is 5.69 Å². The third-order valence-corrected chi connectivity index (χ3v) is 9.23. The molecule has 4 rings (SSSR count). The minimum absolute atomic E-state index is 0.0119. The largest absolute Gasteiger partial charge is 0.495 e. The van der Waals surface area contributed by atoms with Crippen LogP contribution in [0.2, 0.25) is 5.02 Å². The first-order chi connectivity index (χ1) is 21.3. The van der Waals surface area contributed by atoms with Gasteiger partial charge < -0.3 is 15.0 Å². The van der Waals surface area contributed by atoms with E-state index in [0.29, 0.717) is 23.6 Å². The number of anilines is 1. The van der Waals surface area contributed by atoms with Gasteiger partial charge in [-0.3, -0.25) is 13.9 Å². The van der Waals surface area contributed by atoms with Crippen LogP contribution in [-0.2, 0) is 32.6 Å². The highest BCUT2D eigenvalue weighted by molar-refractivity contribution is 7.92. The van der Waals surface area contributed by atoms with Gasteiger partial charge in [0.25, 0.3) is 10.0 Å². The molecule has 0 unspecified atom stereocenters. The zero-order valence-electron chi connectivity index (χ0n) is 24.7. The predicted octanol–water partition coefficient (Wildman–Crippen LogP) is 5.71. The second-order valence-corrected chi connectivity index (χ2v) is 12.4. The van der Waals surface area contributed by atoms with Crippen LogP contribution in [0.15, 0.2) is 114 Å². The Labute approximate surface area is 264 Å². The summed E-state index contributed by atoms with van der Waals surface area (Å²) in [5.74, 6) is -0.646. The van der Waals surface area contributed by atoms with E-state index >= 15 is 0 Å². The molecule has 0 aliphatic heterocycles. The summed E-state index contributed by atoms with van der Waals surface area (Å²) in [5, 5.41) is 3.36. The average molecular weight is 634 g/mol. The Morgan fingerprint density at radius 3 is 2.14 bits per heavy atom. The molecule has 4 aromatic carbocycles. The molecule has 0 saturated heterocycles. The minimum Gasteiger partial charge on any atom is -0.495 e. The molecule has 0 heterocycles. The molecule has 0 aliphatic rings. The normalized spacial score (nSPS) is 11.8. The SMILES string of the molecule is CCCNC(=O)[C@H](Cc1ccccc1)N(Cc1ccccc1Cl)C(=O)CN(c1ccccc1OC)S(=O)(=O)c1ccccc1. The summed E-state index contributed by atoms with van der Waals surface area (Å²) in [6, 6.07) is 30.0. The number of ether oxygens (including phenoxy) is 1. The van der Waals surface area contributed by atoms with Gasteiger partial charge in [0.1, 0.15) is 18.3 Å². The zero-order valence-corrected chi connectivity index (χ0v) is 26.3.